The van der Waals surface area contributed by atoms with Gasteiger partial charge < -0.3 is 9.64 Å². The average Bonchev–Trinajstić information content (AvgIpc) is 2.74. The maximum Gasteiger partial charge on any atom is 0.151 e. The number of nitrogens with zero attached hydrogens (tertiary/aromatic N) is 1. The van der Waals surface area contributed by atoms with Gasteiger partial charge >= 0.3 is 0 Å². The van der Waals surface area contributed by atoms with E-state index in [9.17, 15) is 0 Å². The lowest BCUT2D eigenvalue weighted by Gasteiger charge is -2.33. The summed E-state index contributed by atoms with van der Waals surface area (Å²) in [6.45, 7) is 3.16. The highest BCUT2D eigenvalue weighted by Gasteiger charge is 2.25. The van der Waals surface area contributed by atoms with Crippen molar-refractivity contribution in [1.82, 2.24) is 0 Å². The fourth-order valence-electron chi connectivity index (χ4n) is 4.27. The molecule has 0 saturated heterocycles. The fourth-order valence-corrected chi connectivity index (χ4v) is 4.79. The predicted molar refractivity (Wildman–Crippen MR) is 134 cm³/mol. The highest BCUT2D eigenvalue weighted by atomic mass is 35.5. The normalized spacial score (nSPS) is 12.7. The third-order valence-corrected chi connectivity index (χ3v) is 6.83. The molecule has 0 aromatic heterocycles. The molecule has 1 aliphatic heterocycles. The first-order valence-corrected chi connectivity index (χ1v) is 11.8. The van der Waals surface area contributed by atoms with E-state index in [0.717, 1.165) is 62.4 Å². The average molecular weight is 471 g/mol. The molecule has 0 unspecified atom stereocenters. The highest BCUT2D eigenvalue weighted by molar-refractivity contribution is 6.42. The fraction of sp³-hybridized carbons (Fsp3) is 0.231. The second kappa shape index (κ2) is 8.43. The third kappa shape index (κ3) is 3.93. The van der Waals surface area contributed by atoms with Crippen molar-refractivity contribution in [2.75, 3.05) is 11.4 Å². The minimum absolute atomic E-state index is 0.544. The molecular formula is C26H22Cl3NO. The lowest BCUT2D eigenvalue weighted by Crippen LogP contribution is -2.22. The second-order valence-corrected chi connectivity index (χ2v) is 9.31. The Kier molecular flexibility index (Phi) is 5.64. The number of hydrogen-bond donors (Lipinski definition) is 0. The molecule has 0 amide bonds. The van der Waals surface area contributed by atoms with E-state index >= 15 is 0 Å². The number of fused-ring (bicyclic) bond motifs is 4. The van der Waals surface area contributed by atoms with Gasteiger partial charge in [0.1, 0.15) is 0 Å². The van der Waals surface area contributed by atoms with Crippen LogP contribution in [0.1, 0.15) is 32.6 Å². The quantitative estimate of drug-likeness (QED) is 0.269. The number of hydrogen-bond acceptors (Lipinski definition) is 2. The number of ether oxygens (including phenoxy) is 1. The van der Waals surface area contributed by atoms with Crippen LogP contribution in [0.2, 0.25) is 15.1 Å². The third-order valence-electron chi connectivity index (χ3n) is 5.87. The summed E-state index contributed by atoms with van der Waals surface area (Å²) >= 11 is 18.8. The molecule has 158 valence electrons. The second-order valence-electron chi connectivity index (χ2n) is 8.06. The number of benzene rings is 4. The van der Waals surface area contributed by atoms with Gasteiger partial charge in [-0.3, -0.25) is 0 Å². The van der Waals surface area contributed by atoms with E-state index in [1.165, 1.54) is 19.3 Å². The number of unbranched alkanes of at least 4 members (excludes halogenated alkanes) is 3. The minimum atomic E-state index is 0.544. The van der Waals surface area contributed by atoms with Gasteiger partial charge in [-0.15, -0.1) is 0 Å². The summed E-state index contributed by atoms with van der Waals surface area (Å²) in [6.07, 6.45) is 4.78. The van der Waals surface area contributed by atoms with E-state index in [4.69, 9.17) is 39.5 Å². The minimum Gasteiger partial charge on any atom is -0.453 e. The number of anilines is 2. The molecule has 0 bridgehead atoms. The molecule has 4 aromatic rings. The summed E-state index contributed by atoms with van der Waals surface area (Å²) in [5, 5.41) is 6.09. The highest BCUT2D eigenvalue weighted by Crippen LogP contribution is 2.50. The molecule has 0 aliphatic carbocycles. The molecule has 1 heterocycles. The van der Waals surface area contributed by atoms with Crippen LogP contribution in [0.25, 0.3) is 21.5 Å². The molecule has 0 spiro atoms. The smallest absolute Gasteiger partial charge is 0.151 e. The number of halogens is 3. The van der Waals surface area contributed by atoms with Gasteiger partial charge in [-0.25, -0.2) is 0 Å². The zero-order chi connectivity index (χ0) is 21.5. The van der Waals surface area contributed by atoms with Gasteiger partial charge in [0.05, 0.1) is 21.4 Å². The Bertz CT molecular complexity index is 1300. The van der Waals surface area contributed by atoms with Crippen molar-refractivity contribution in [2.45, 2.75) is 32.6 Å². The van der Waals surface area contributed by atoms with Crippen LogP contribution in [0.15, 0.2) is 54.6 Å². The summed E-state index contributed by atoms with van der Waals surface area (Å²) in [4.78, 5) is 2.37. The maximum atomic E-state index is 6.40. The van der Waals surface area contributed by atoms with Crippen LogP contribution in [0.3, 0.4) is 0 Å². The first kappa shape index (κ1) is 20.8. The first-order valence-electron chi connectivity index (χ1n) is 10.6. The Balaban J connectivity index is 1.65. The molecular weight excluding hydrogens is 449 g/mol. The summed E-state index contributed by atoms with van der Waals surface area (Å²) < 4.78 is 6.40. The van der Waals surface area contributed by atoms with Crippen molar-refractivity contribution in [3.8, 4) is 11.5 Å². The van der Waals surface area contributed by atoms with Gasteiger partial charge in [-0.1, -0.05) is 67.1 Å². The van der Waals surface area contributed by atoms with Crippen LogP contribution < -0.4 is 9.64 Å². The summed E-state index contributed by atoms with van der Waals surface area (Å²) in [5.74, 6) is 1.67. The van der Waals surface area contributed by atoms with Crippen LogP contribution in [0.4, 0.5) is 11.4 Å². The largest absolute Gasteiger partial charge is 0.453 e. The van der Waals surface area contributed by atoms with Crippen molar-refractivity contribution in [3.05, 3.63) is 69.7 Å². The van der Waals surface area contributed by atoms with E-state index in [0.29, 0.717) is 10.0 Å². The molecule has 31 heavy (non-hydrogen) atoms. The van der Waals surface area contributed by atoms with Crippen LogP contribution in [-0.2, 0) is 0 Å². The van der Waals surface area contributed by atoms with Gasteiger partial charge in [0.15, 0.2) is 11.5 Å². The molecule has 1 aliphatic rings. The molecule has 2 nitrogen and oxygen atoms in total. The Morgan fingerprint density at radius 1 is 0.677 bits per heavy atom. The van der Waals surface area contributed by atoms with Crippen LogP contribution in [0, 0.1) is 0 Å². The van der Waals surface area contributed by atoms with Gasteiger partial charge in [0.25, 0.3) is 0 Å². The van der Waals surface area contributed by atoms with Crippen molar-refractivity contribution in [2.24, 2.45) is 0 Å². The van der Waals surface area contributed by atoms with Gasteiger partial charge in [-0.05, 0) is 76.5 Å². The zero-order valence-corrected chi connectivity index (χ0v) is 19.5. The van der Waals surface area contributed by atoms with Crippen molar-refractivity contribution >= 4 is 67.7 Å². The standard InChI is InChI=1S/C26H22Cl3NO/c1-2-3-4-5-8-30-23-12-16-6-7-20(27)9-17(16)14-25(23)31-26-15-19-11-22(29)21(28)10-18(19)13-24(26)30/h6-7,9-15H,2-5,8H2,1H3. The maximum absolute atomic E-state index is 6.40. The van der Waals surface area contributed by atoms with E-state index in [-0.39, 0.29) is 0 Å². The first-order chi connectivity index (χ1) is 15.0. The molecule has 0 fully saturated rings. The predicted octanol–water partition coefficient (Wildman–Crippen LogP) is 9.78. The molecule has 4 aromatic carbocycles. The lowest BCUT2D eigenvalue weighted by molar-refractivity contribution is 0.473. The Hall–Kier alpha value is -2.13. The molecule has 0 radical (unpaired) electrons. The van der Waals surface area contributed by atoms with Crippen LogP contribution >= 0.6 is 34.8 Å². The van der Waals surface area contributed by atoms with Crippen LogP contribution in [0.5, 0.6) is 11.5 Å². The van der Waals surface area contributed by atoms with E-state index in [2.05, 4.69) is 42.2 Å². The molecule has 0 atom stereocenters. The lowest BCUT2D eigenvalue weighted by atomic mass is 10.0. The number of rotatable bonds is 5. The van der Waals surface area contributed by atoms with Gasteiger partial charge in [0, 0.05) is 11.6 Å². The van der Waals surface area contributed by atoms with Crippen molar-refractivity contribution in [3.63, 3.8) is 0 Å². The Morgan fingerprint density at radius 3 is 1.97 bits per heavy atom. The molecule has 0 saturated carbocycles. The SMILES string of the molecule is CCCCCCN1c2cc3ccc(Cl)cc3cc2Oc2cc3cc(Cl)c(Cl)cc3cc21. The summed E-state index contributed by atoms with van der Waals surface area (Å²) in [5.41, 5.74) is 2.14. The summed E-state index contributed by atoms with van der Waals surface area (Å²) in [6, 6.07) is 18.3. The Labute approximate surface area is 197 Å². The van der Waals surface area contributed by atoms with E-state index in [1.807, 2.05) is 24.3 Å². The summed E-state index contributed by atoms with van der Waals surface area (Å²) in [7, 11) is 0. The Morgan fingerprint density at radius 2 is 1.29 bits per heavy atom. The van der Waals surface area contributed by atoms with E-state index in [1.54, 1.807) is 0 Å². The van der Waals surface area contributed by atoms with Crippen molar-refractivity contribution < 1.29 is 4.74 Å². The molecule has 5 heteroatoms. The van der Waals surface area contributed by atoms with Gasteiger partial charge in [0.2, 0.25) is 0 Å². The molecule has 5 rings (SSSR count). The van der Waals surface area contributed by atoms with Gasteiger partial charge in [-0.2, -0.15) is 0 Å². The monoisotopic (exact) mass is 469 g/mol. The van der Waals surface area contributed by atoms with Crippen molar-refractivity contribution in [1.29, 1.82) is 0 Å². The van der Waals surface area contributed by atoms with Crippen LogP contribution in [-0.4, -0.2) is 6.54 Å². The topological polar surface area (TPSA) is 12.5 Å². The zero-order valence-electron chi connectivity index (χ0n) is 17.2. The molecule has 0 N–H and O–H groups in total. The van der Waals surface area contributed by atoms with E-state index < -0.39 is 0 Å².